The second-order valence-corrected chi connectivity index (χ2v) is 3.36. The van der Waals surface area contributed by atoms with Gasteiger partial charge >= 0.3 is 0 Å². The van der Waals surface area contributed by atoms with Crippen molar-refractivity contribution in [1.29, 1.82) is 5.26 Å². The van der Waals surface area contributed by atoms with Crippen LogP contribution in [0.3, 0.4) is 0 Å². The van der Waals surface area contributed by atoms with E-state index in [2.05, 4.69) is 19.9 Å². The normalized spacial score (nSPS) is 32.2. The molecular formula is C8H13N. The smallest absolute Gasteiger partial charge is 0.0658 e. The van der Waals surface area contributed by atoms with E-state index in [1.54, 1.807) is 0 Å². The molecule has 0 aliphatic heterocycles. The van der Waals surface area contributed by atoms with Gasteiger partial charge in [0.1, 0.15) is 0 Å². The van der Waals surface area contributed by atoms with Crippen LogP contribution in [0.25, 0.3) is 0 Å². The third kappa shape index (κ3) is 1.71. The lowest BCUT2D eigenvalue weighted by molar-refractivity contribution is 0.529. The number of nitrogens with zero attached hydrogens (tertiary/aromatic N) is 1. The number of rotatable bonds is 2. The Labute approximate surface area is 56.7 Å². The Bertz CT molecular complexity index is 132. The van der Waals surface area contributed by atoms with Gasteiger partial charge in [-0.3, -0.25) is 0 Å². The monoisotopic (exact) mass is 123 g/mol. The second-order valence-electron chi connectivity index (χ2n) is 3.36. The van der Waals surface area contributed by atoms with Gasteiger partial charge < -0.3 is 0 Å². The Morgan fingerprint density at radius 2 is 2.33 bits per heavy atom. The summed E-state index contributed by atoms with van der Waals surface area (Å²) in [6, 6.07) is 2.29. The van der Waals surface area contributed by atoms with Crippen molar-refractivity contribution in [2.45, 2.75) is 26.7 Å². The summed E-state index contributed by atoms with van der Waals surface area (Å²) in [6.07, 6.45) is 2.41. The van der Waals surface area contributed by atoms with Crippen LogP contribution in [0.5, 0.6) is 0 Å². The first-order valence-corrected chi connectivity index (χ1v) is 3.63. The second kappa shape index (κ2) is 2.39. The lowest BCUT2D eigenvalue weighted by atomic mass is 10.1. The molecule has 0 aromatic rings. The Kier molecular flexibility index (Phi) is 1.75. The zero-order chi connectivity index (χ0) is 6.85. The average Bonchev–Trinajstić information content (AvgIpc) is 2.45. The molecule has 1 heteroatoms. The Hall–Kier alpha value is -0.510. The van der Waals surface area contributed by atoms with Crippen LogP contribution < -0.4 is 0 Å². The van der Waals surface area contributed by atoms with E-state index in [0.717, 1.165) is 18.3 Å². The Morgan fingerprint density at radius 3 is 2.67 bits per heavy atom. The molecule has 0 aromatic carbocycles. The van der Waals surface area contributed by atoms with E-state index < -0.39 is 0 Å². The maximum Gasteiger partial charge on any atom is 0.0658 e. The zero-order valence-electron chi connectivity index (χ0n) is 6.09. The summed E-state index contributed by atoms with van der Waals surface area (Å²) in [6.45, 7) is 4.43. The summed E-state index contributed by atoms with van der Waals surface area (Å²) in [5, 5.41) is 8.44. The van der Waals surface area contributed by atoms with E-state index in [0.29, 0.717) is 5.92 Å². The number of hydrogen-bond acceptors (Lipinski definition) is 1. The molecule has 2 atom stereocenters. The van der Waals surface area contributed by atoms with E-state index in [9.17, 15) is 0 Å². The molecule has 1 nitrogen and oxygen atoms in total. The van der Waals surface area contributed by atoms with E-state index in [1.165, 1.54) is 6.42 Å². The first kappa shape index (κ1) is 6.61. The molecule has 2 unspecified atom stereocenters. The Morgan fingerprint density at radius 1 is 1.67 bits per heavy atom. The lowest BCUT2D eigenvalue weighted by Crippen LogP contribution is -1.89. The fourth-order valence-corrected chi connectivity index (χ4v) is 1.27. The van der Waals surface area contributed by atoms with E-state index in [-0.39, 0.29) is 0 Å². The molecule has 1 aliphatic rings. The van der Waals surface area contributed by atoms with Crippen molar-refractivity contribution in [3.05, 3.63) is 0 Å². The van der Waals surface area contributed by atoms with Gasteiger partial charge in [0.05, 0.1) is 6.07 Å². The van der Waals surface area contributed by atoms with Crippen molar-refractivity contribution in [3.8, 4) is 6.07 Å². The van der Waals surface area contributed by atoms with Gasteiger partial charge in [-0.05, 0) is 24.7 Å². The van der Waals surface area contributed by atoms with Crippen LogP contribution in [-0.4, -0.2) is 0 Å². The van der Waals surface area contributed by atoms with Crippen molar-refractivity contribution in [3.63, 3.8) is 0 Å². The highest BCUT2D eigenvalue weighted by Crippen LogP contribution is 2.42. The van der Waals surface area contributed by atoms with Crippen LogP contribution in [0.1, 0.15) is 26.7 Å². The van der Waals surface area contributed by atoms with E-state index in [4.69, 9.17) is 5.26 Å². The highest BCUT2D eigenvalue weighted by atomic mass is 14.4. The van der Waals surface area contributed by atoms with Crippen LogP contribution in [0, 0.1) is 29.1 Å². The molecule has 0 amide bonds. The molecule has 1 fully saturated rings. The van der Waals surface area contributed by atoms with E-state index in [1.807, 2.05) is 0 Å². The molecule has 0 N–H and O–H groups in total. The minimum absolute atomic E-state index is 0.410. The highest BCUT2D eigenvalue weighted by Gasteiger charge is 2.36. The minimum atomic E-state index is 0.410. The van der Waals surface area contributed by atoms with E-state index >= 15 is 0 Å². The fraction of sp³-hybridized carbons (Fsp3) is 0.875. The molecule has 0 spiro atoms. The van der Waals surface area contributed by atoms with Crippen molar-refractivity contribution in [2.24, 2.45) is 17.8 Å². The molecule has 50 valence electrons. The van der Waals surface area contributed by atoms with Crippen molar-refractivity contribution in [1.82, 2.24) is 0 Å². The summed E-state index contributed by atoms with van der Waals surface area (Å²) in [5.41, 5.74) is 0. The molecule has 0 heterocycles. The van der Waals surface area contributed by atoms with Gasteiger partial charge in [0.2, 0.25) is 0 Å². The van der Waals surface area contributed by atoms with Gasteiger partial charge in [-0.15, -0.1) is 0 Å². The minimum Gasteiger partial charge on any atom is -0.198 e. The molecule has 1 saturated carbocycles. The maximum absolute atomic E-state index is 8.44. The summed E-state index contributed by atoms with van der Waals surface area (Å²) < 4.78 is 0. The van der Waals surface area contributed by atoms with Crippen LogP contribution >= 0.6 is 0 Å². The highest BCUT2D eigenvalue weighted by molar-refractivity contribution is 5.01. The number of nitriles is 1. The predicted molar refractivity (Wildman–Crippen MR) is 36.7 cm³/mol. The Balaban J connectivity index is 2.14. The third-order valence-corrected chi connectivity index (χ3v) is 1.86. The average molecular weight is 123 g/mol. The van der Waals surface area contributed by atoms with Gasteiger partial charge in [-0.2, -0.15) is 5.26 Å². The van der Waals surface area contributed by atoms with Gasteiger partial charge in [-0.1, -0.05) is 13.8 Å². The van der Waals surface area contributed by atoms with Crippen molar-refractivity contribution in [2.75, 3.05) is 0 Å². The summed E-state index contributed by atoms with van der Waals surface area (Å²) in [5.74, 6) is 1.93. The van der Waals surface area contributed by atoms with Gasteiger partial charge in [0.15, 0.2) is 0 Å². The van der Waals surface area contributed by atoms with Crippen LogP contribution in [-0.2, 0) is 0 Å². The topological polar surface area (TPSA) is 23.8 Å². The number of hydrogen-bond donors (Lipinski definition) is 0. The molecule has 0 bridgehead atoms. The van der Waals surface area contributed by atoms with Crippen LogP contribution in [0.4, 0.5) is 0 Å². The maximum atomic E-state index is 8.44. The quantitative estimate of drug-likeness (QED) is 0.552. The lowest BCUT2D eigenvalue weighted by Gasteiger charge is -1.98. The van der Waals surface area contributed by atoms with Gasteiger partial charge in [0.25, 0.3) is 0 Å². The molecule has 0 radical (unpaired) electrons. The molecule has 0 aromatic heterocycles. The molecule has 1 aliphatic carbocycles. The largest absolute Gasteiger partial charge is 0.198 e. The zero-order valence-corrected chi connectivity index (χ0v) is 6.09. The van der Waals surface area contributed by atoms with Crippen LogP contribution in [0.2, 0.25) is 0 Å². The van der Waals surface area contributed by atoms with Crippen LogP contribution in [0.15, 0.2) is 0 Å². The summed E-state index contributed by atoms with van der Waals surface area (Å²) >= 11 is 0. The molecule has 9 heavy (non-hydrogen) atoms. The molecule has 0 saturated heterocycles. The third-order valence-electron chi connectivity index (χ3n) is 1.86. The standard InChI is InChI=1S/C8H13N/c1-6(2)3-7-4-8(7)5-9/h6-8H,3-4H2,1-2H3. The fourth-order valence-electron chi connectivity index (χ4n) is 1.27. The van der Waals surface area contributed by atoms with Crippen molar-refractivity contribution < 1.29 is 0 Å². The van der Waals surface area contributed by atoms with Gasteiger partial charge in [-0.25, -0.2) is 0 Å². The predicted octanol–water partition coefficient (Wildman–Crippen LogP) is 2.19. The summed E-state index contributed by atoms with van der Waals surface area (Å²) in [4.78, 5) is 0. The molecular weight excluding hydrogens is 110 g/mol. The van der Waals surface area contributed by atoms with Crippen molar-refractivity contribution >= 4 is 0 Å². The molecule has 1 rings (SSSR count). The summed E-state index contributed by atoms with van der Waals surface area (Å²) in [7, 11) is 0. The SMILES string of the molecule is CC(C)CC1CC1C#N. The van der Waals surface area contributed by atoms with Gasteiger partial charge in [0, 0.05) is 5.92 Å². The first-order valence-electron chi connectivity index (χ1n) is 3.63. The first-order chi connectivity index (χ1) is 4.24.